The quantitative estimate of drug-likeness (QED) is 0.632. The minimum atomic E-state index is -0.291. The van der Waals surface area contributed by atoms with Gasteiger partial charge >= 0.3 is 0 Å². The molecule has 0 spiro atoms. The van der Waals surface area contributed by atoms with E-state index in [1.807, 2.05) is 49.2 Å². The summed E-state index contributed by atoms with van der Waals surface area (Å²) in [7, 11) is 1.82. The molecule has 0 unspecified atom stereocenters. The number of nitrogens with zero attached hydrogens (tertiary/aromatic N) is 4. The van der Waals surface area contributed by atoms with Crippen LogP contribution in [0.1, 0.15) is 11.1 Å². The summed E-state index contributed by atoms with van der Waals surface area (Å²) < 4.78 is 0. The van der Waals surface area contributed by atoms with Gasteiger partial charge in [-0.2, -0.15) is 10.2 Å². The standard InChI is InChI=1S/C16H18N6OS/c1-10-5-4-6-11(7-10)22(2)9-13(23)19-14-12(8-17)15(24-3)21-16(18)20-14/h4-7H,9H2,1-3H3,(H3,18,19,20,21,23). The summed E-state index contributed by atoms with van der Waals surface area (Å²) in [5.41, 5.74) is 7.89. The number of rotatable bonds is 5. The van der Waals surface area contributed by atoms with E-state index in [1.165, 1.54) is 11.8 Å². The molecule has 0 atom stereocenters. The smallest absolute Gasteiger partial charge is 0.245 e. The number of carbonyl (C=O) groups is 1. The van der Waals surface area contributed by atoms with E-state index in [0.717, 1.165) is 11.3 Å². The summed E-state index contributed by atoms with van der Waals surface area (Å²) in [5.74, 6) is -0.140. The number of nitriles is 1. The zero-order valence-electron chi connectivity index (χ0n) is 13.7. The lowest BCUT2D eigenvalue weighted by Gasteiger charge is -2.19. The largest absolute Gasteiger partial charge is 0.368 e. The molecule has 1 aromatic carbocycles. The van der Waals surface area contributed by atoms with Crippen LogP contribution in [0, 0.1) is 18.3 Å². The molecule has 1 amide bonds. The fourth-order valence-corrected chi connectivity index (χ4v) is 2.67. The first-order chi connectivity index (χ1) is 11.4. The number of benzene rings is 1. The highest BCUT2D eigenvalue weighted by Gasteiger charge is 2.16. The van der Waals surface area contributed by atoms with Crippen molar-refractivity contribution < 1.29 is 4.79 Å². The summed E-state index contributed by atoms with van der Waals surface area (Å²) in [6, 6.07) is 9.85. The third kappa shape index (κ3) is 4.14. The Morgan fingerprint density at radius 3 is 2.83 bits per heavy atom. The number of nitrogens with one attached hydrogen (secondary N) is 1. The van der Waals surface area contributed by atoms with Crippen molar-refractivity contribution in [3.8, 4) is 6.07 Å². The lowest BCUT2D eigenvalue weighted by atomic mass is 10.2. The molecule has 124 valence electrons. The highest BCUT2D eigenvalue weighted by atomic mass is 32.2. The zero-order valence-corrected chi connectivity index (χ0v) is 14.5. The number of hydrogen-bond donors (Lipinski definition) is 2. The summed E-state index contributed by atoms with van der Waals surface area (Å²) >= 11 is 1.27. The second-order valence-electron chi connectivity index (χ2n) is 5.17. The number of hydrogen-bond acceptors (Lipinski definition) is 7. The molecule has 1 aromatic heterocycles. The number of anilines is 3. The van der Waals surface area contributed by atoms with E-state index in [0.29, 0.717) is 5.03 Å². The van der Waals surface area contributed by atoms with Gasteiger partial charge in [-0.15, -0.1) is 11.8 Å². The van der Waals surface area contributed by atoms with Gasteiger partial charge in [0.15, 0.2) is 5.82 Å². The van der Waals surface area contributed by atoms with Crippen LogP contribution >= 0.6 is 11.8 Å². The molecule has 2 aromatic rings. The van der Waals surface area contributed by atoms with E-state index in [9.17, 15) is 10.1 Å². The van der Waals surface area contributed by atoms with Crippen molar-refractivity contribution in [2.45, 2.75) is 11.9 Å². The van der Waals surface area contributed by atoms with Crippen molar-refractivity contribution >= 4 is 35.1 Å². The van der Waals surface area contributed by atoms with Crippen molar-refractivity contribution in [3.63, 3.8) is 0 Å². The zero-order chi connectivity index (χ0) is 17.7. The number of thioether (sulfide) groups is 1. The summed E-state index contributed by atoms with van der Waals surface area (Å²) in [6.07, 6.45) is 1.78. The van der Waals surface area contributed by atoms with E-state index in [-0.39, 0.29) is 29.8 Å². The maximum atomic E-state index is 12.3. The van der Waals surface area contributed by atoms with Gasteiger partial charge in [-0.1, -0.05) is 12.1 Å². The van der Waals surface area contributed by atoms with Crippen molar-refractivity contribution in [1.29, 1.82) is 5.26 Å². The van der Waals surface area contributed by atoms with Crippen molar-refractivity contribution in [2.24, 2.45) is 0 Å². The second kappa shape index (κ2) is 7.66. The SMILES string of the molecule is CSc1nc(N)nc(NC(=O)CN(C)c2cccc(C)c2)c1C#N. The lowest BCUT2D eigenvalue weighted by molar-refractivity contribution is -0.114. The predicted octanol–water partition coefficient (Wildman–Crippen LogP) is 2.04. The summed E-state index contributed by atoms with van der Waals surface area (Å²) in [5, 5.41) is 12.4. The first kappa shape index (κ1) is 17.6. The van der Waals surface area contributed by atoms with E-state index in [1.54, 1.807) is 6.26 Å². The maximum absolute atomic E-state index is 12.3. The monoisotopic (exact) mass is 342 g/mol. The average Bonchev–Trinajstić information content (AvgIpc) is 2.54. The molecule has 7 nitrogen and oxygen atoms in total. The van der Waals surface area contributed by atoms with Gasteiger partial charge in [0.1, 0.15) is 16.7 Å². The number of likely N-dealkylation sites (N-methyl/N-ethyl adjacent to an activating group) is 1. The highest BCUT2D eigenvalue weighted by molar-refractivity contribution is 7.98. The molecule has 3 N–H and O–H groups in total. The molecule has 0 saturated heterocycles. The number of aryl methyl sites for hydroxylation is 1. The topological polar surface area (TPSA) is 108 Å². The van der Waals surface area contributed by atoms with Crippen LogP contribution in [0.2, 0.25) is 0 Å². The Hall–Kier alpha value is -2.79. The first-order valence-electron chi connectivity index (χ1n) is 7.14. The molecule has 24 heavy (non-hydrogen) atoms. The molecule has 0 aliphatic rings. The normalized spacial score (nSPS) is 10.1. The van der Waals surface area contributed by atoms with Crippen LogP contribution in [0.25, 0.3) is 0 Å². The molecular weight excluding hydrogens is 324 g/mol. The van der Waals surface area contributed by atoms with Crippen molar-refractivity contribution in [2.75, 3.05) is 35.8 Å². The number of amides is 1. The van der Waals surface area contributed by atoms with Crippen molar-refractivity contribution in [1.82, 2.24) is 9.97 Å². The fourth-order valence-electron chi connectivity index (χ4n) is 2.14. The molecule has 0 radical (unpaired) electrons. The fraction of sp³-hybridized carbons (Fsp3) is 0.250. The summed E-state index contributed by atoms with van der Waals surface area (Å²) in [6.45, 7) is 2.11. The predicted molar refractivity (Wildman–Crippen MR) is 96.0 cm³/mol. The minimum absolute atomic E-state index is 0.0145. The highest BCUT2D eigenvalue weighted by Crippen LogP contribution is 2.24. The Morgan fingerprint density at radius 1 is 1.46 bits per heavy atom. The Labute approximate surface area is 144 Å². The first-order valence-corrected chi connectivity index (χ1v) is 8.36. The summed E-state index contributed by atoms with van der Waals surface area (Å²) in [4.78, 5) is 22.1. The maximum Gasteiger partial charge on any atom is 0.245 e. The van der Waals surface area contributed by atoms with Gasteiger partial charge in [-0.05, 0) is 30.9 Å². The van der Waals surface area contributed by atoms with Crippen molar-refractivity contribution in [3.05, 3.63) is 35.4 Å². The molecule has 2 rings (SSSR count). The van der Waals surface area contributed by atoms with Crippen LogP contribution in [0.3, 0.4) is 0 Å². The third-order valence-corrected chi connectivity index (χ3v) is 3.96. The molecule has 1 heterocycles. The molecule has 0 aliphatic heterocycles. The number of nitrogen functional groups attached to an aromatic ring is 1. The number of nitrogens with two attached hydrogens (primary N) is 1. The van der Waals surface area contributed by atoms with Gasteiger partial charge in [0, 0.05) is 12.7 Å². The Bertz CT molecular complexity index is 802. The van der Waals surface area contributed by atoms with Gasteiger partial charge in [0.2, 0.25) is 11.9 Å². The number of carbonyl (C=O) groups excluding carboxylic acids is 1. The lowest BCUT2D eigenvalue weighted by Crippen LogP contribution is -2.30. The van der Waals surface area contributed by atoms with Crippen LogP contribution in [0.15, 0.2) is 29.3 Å². The van der Waals surface area contributed by atoms with Gasteiger partial charge in [0.05, 0.1) is 6.54 Å². The van der Waals surface area contributed by atoms with E-state index in [4.69, 9.17) is 5.73 Å². The van der Waals surface area contributed by atoms with Crippen LogP contribution in [-0.2, 0) is 4.79 Å². The van der Waals surface area contributed by atoms with Gasteiger partial charge < -0.3 is 16.0 Å². The van der Waals surface area contributed by atoms with Crippen LogP contribution in [0.5, 0.6) is 0 Å². The average molecular weight is 342 g/mol. The second-order valence-corrected chi connectivity index (χ2v) is 5.96. The van der Waals surface area contributed by atoms with Crippen LogP contribution in [-0.4, -0.2) is 35.7 Å². The van der Waals surface area contributed by atoms with E-state index >= 15 is 0 Å². The van der Waals surface area contributed by atoms with Gasteiger partial charge in [0.25, 0.3) is 0 Å². The third-order valence-electron chi connectivity index (χ3n) is 3.28. The Balaban J connectivity index is 2.15. The Morgan fingerprint density at radius 2 is 2.21 bits per heavy atom. The van der Waals surface area contributed by atoms with Gasteiger partial charge in [-0.25, -0.2) is 4.98 Å². The minimum Gasteiger partial charge on any atom is -0.368 e. The van der Waals surface area contributed by atoms with E-state index in [2.05, 4.69) is 15.3 Å². The molecule has 0 fully saturated rings. The number of aromatic nitrogens is 2. The molecule has 0 bridgehead atoms. The molecular formula is C16H18N6OS. The Kier molecular flexibility index (Phi) is 5.60. The van der Waals surface area contributed by atoms with Crippen LogP contribution in [0.4, 0.5) is 17.5 Å². The van der Waals surface area contributed by atoms with E-state index < -0.39 is 0 Å². The van der Waals surface area contributed by atoms with Crippen LogP contribution < -0.4 is 16.0 Å². The molecule has 0 aliphatic carbocycles. The van der Waals surface area contributed by atoms with Gasteiger partial charge in [-0.3, -0.25) is 4.79 Å². The molecule has 8 heteroatoms. The molecule has 0 saturated carbocycles.